The summed E-state index contributed by atoms with van der Waals surface area (Å²) in [7, 11) is 0. The van der Waals surface area contributed by atoms with Gasteiger partial charge < -0.3 is 15.2 Å². The van der Waals surface area contributed by atoms with E-state index in [0.717, 1.165) is 0 Å². The lowest BCUT2D eigenvalue weighted by Crippen LogP contribution is -2.42. The number of aryl methyl sites for hydroxylation is 1. The van der Waals surface area contributed by atoms with Crippen LogP contribution in [0.25, 0.3) is 0 Å². The van der Waals surface area contributed by atoms with Crippen LogP contribution >= 0.6 is 0 Å². The molecule has 1 amide bonds. The van der Waals surface area contributed by atoms with E-state index in [1.54, 1.807) is 20.0 Å². The lowest BCUT2D eigenvalue weighted by molar-refractivity contribution is -0.142. The largest absolute Gasteiger partial charge is 0.480 e. The van der Waals surface area contributed by atoms with Crippen LogP contribution in [0.2, 0.25) is 0 Å². The van der Waals surface area contributed by atoms with Crippen molar-refractivity contribution in [2.45, 2.75) is 26.3 Å². The highest BCUT2D eigenvalue weighted by molar-refractivity contribution is 5.84. The third-order valence-electron chi connectivity index (χ3n) is 2.23. The number of hydrogen-bond acceptors (Lipinski definition) is 5. The highest BCUT2D eigenvalue weighted by atomic mass is 16.5. The minimum absolute atomic E-state index is 0.276. The molecule has 7 heteroatoms. The molecule has 0 radical (unpaired) electrons. The lowest BCUT2D eigenvalue weighted by Gasteiger charge is -2.12. The summed E-state index contributed by atoms with van der Waals surface area (Å²) in [5, 5.41) is 11.1. The summed E-state index contributed by atoms with van der Waals surface area (Å²) in [6, 6.07) is -0.896. The maximum absolute atomic E-state index is 11.5. The fourth-order valence-electron chi connectivity index (χ4n) is 1.25. The van der Waals surface area contributed by atoms with Crippen molar-refractivity contribution in [2.75, 3.05) is 6.61 Å². The summed E-state index contributed by atoms with van der Waals surface area (Å²) in [6.07, 6.45) is 3.19. The van der Waals surface area contributed by atoms with Gasteiger partial charge in [-0.05, 0) is 13.3 Å². The van der Waals surface area contributed by atoms with Gasteiger partial charge in [0, 0.05) is 11.8 Å². The molecule has 0 saturated carbocycles. The number of rotatable bonds is 6. The van der Waals surface area contributed by atoms with Crippen LogP contribution in [0.15, 0.2) is 12.5 Å². The molecule has 0 bridgehead atoms. The number of carboxylic acids is 1. The predicted molar refractivity (Wildman–Crippen MR) is 62.1 cm³/mol. The van der Waals surface area contributed by atoms with Gasteiger partial charge in [0.15, 0.2) is 6.61 Å². The van der Waals surface area contributed by atoms with E-state index in [2.05, 4.69) is 15.3 Å². The van der Waals surface area contributed by atoms with Crippen molar-refractivity contribution >= 4 is 11.9 Å². The number of aromatic nitrogens is 2. The Bertz CT molecular complexity index is 436. The van der Waals surface area contributed by atoms with Gasteiger partial charge in [-0.25, -0.2) is 14.8 Å². The zero-order valence-electron chi connectivity index (χ0n) is 10.2. The SMILES string of the molecule is CCC(NC(=O)COc1ncncc1C)C(=O)O. The van der Waals surface area contributed by atoms with Crippen LogP contribution < -0.4 is 10.1 Å². The van der Waals surface area contributed by atoms with Crippen LogP contribution in [0.1, 0.15) is 18.9 Å². The number of carboxylic acid groups (broad SMARTS) is 1. The molecule has 0 spiro atoms. The summed E-state index contributed by atoms with van der Waals surface area (Å²) in [5.74, 6) is -1.25. The Hall–Kier alpha value is -2.18. The smallest absolute Gasteiger partial charge is 0.326 e. The second kappa shape index (κ2) is 6.53. The number of amides is 1. The van der Waals surface area contributed by atoms with E-state index < -0.39 is 17.9 Å². The molecule has 1 heterocycles. The Kier molecular flexibility index (Phi) is 5.04. The van der Waals surface area contributed by atoms with Crippen LogP contribution in [-0.2, 0) is 9.59 Å². The van der Waals surface area contributed by atoms with Crippen molar-refractivity contribution in [3.8, 4) is 5.88 Å². The molecule has 0 aromatic carbocycles. The Balaban J connectivity index is 2.47. The molecule has 1 aromatic heterocycles. The van der Waals surface area contributed by atoms with E-state index in [1.807, 2.05) is 0 Å². The molecule has 0 saturated heterocycles. The number of carbonyl (C=O) groups excluding carboxylic acids is 1. The first-order chi connectivity index (χ1) is 8.54. The Morgan fingerprint density at radius 2 is 2.28 bits per heavy atom. The Labute approximate surface area is 104 Å². The first-order valence-corrected chi connectivity index (χ1v) is 5.46. The van der Waals surface area contributed by atoms with Crippen LogP contribution in [0.5, 0.6) is 5.88 Å². The number of ether oxygens (including phenoxy) is 1. The molecule has 18 heavy (non-hydrogen) atoms. The maximum Gasteiger partial charge on any atom is 0.326 e. The fraction of sp³-hybridized carbons (Fsp3) is 0.455. The van der Waals surface area contributed by atoms with Gasteiger partial charge in [0.05, 0.1) is 0 Å². The van der Waals surface area contributed by atoms with Gasteiger partial charge in [-0.2, -0.15) is 0 Å². The molecule has 1 unspecified atom stereocenters. The van der Waals surface area contributed by atoms with Crippen molar-refractivity contribution < 1.29 is 19.4 Å². The second-order valence-electron chi connectivity index (χ2n) is 3.67. The van der Waals surface area contributed by atoms with E-state index in [4.69, 9.17) is 9.84 Å². The molecule has 7 nitrogen and oxygen atoms in total. The van der Waals surface area contributed by atoms with E-state index in [1.165, 1.54) is 6.33 Å². The number of nitrogens with one attached hydrogen (secondary N) is 1. The van der Waals surface area contributed by atoms with Gasteiger partial charge in [0.25, 0.3) is 5.91 Å². The zero-order valence-corrected chi connectivity index (χ0v) is 10.2. The van der Waals surface area contributed by atoms with Gasteiger partial charge in [0.2, 0.25) is 5.88 Å². The molecule has 98 valence electrons. The van der Waals surface area contributed by atoms with E-state index in [-0.39, 0.29) is 6.61 Å². The average Bonchev–Trinajstić information content (AvgIpc) is 2.34. The average molecular weight is 253 g/mol. The second-order valence-corrected chi connectivity index (χ2v) is 3.67. The molecule has 1 aromatic rings. The van der Waals surface area contributed by atoms with E-state index in [0.29, 0.717) is 17.9 Å². The monoisotopic (exact) mass is 253 g/mol. The number of carbonyl (C=O) groups is 2. The molecule has 2 N–H and O–H groups in total. The van der Waals surface area contributed by atoms with Gasteiger partial charge in [-0.3, -0.25) is 4.79 Å². The normalized spacial score (nSPS) is 11.7. The number of hydrogen-bond donors (Lipinski definition) is 2. The standard InChI is InChI=1S/C11H15N3O4/c1-3-8(11(16)17)14-9(15)5-18-10-7(2)4-12-6-13-10/h4,6,8H,3,5H2,1-2H3,(H,14,15)(H,16,17). The summed E-state index contributed by atoms with van der Waals surface area (Å²) in [6.45, 7) is 3.15. The first-order valence-electron chi connectivity index (χ1n) is 5.46. The minimum Gasteiger partial charge on any atom is -0.480 e. The van der Waals surface area contributed by atoms with Crippen LogP contribution in [-0.4, -0.2) is 39.6 Å². The van der Waals surface area contributed by atoms with Crippen LogP contribution in [0.4, 0.5) is 0 Å². The molecule has 1 atom stereocenters. The topological polar surface area (TPSA) is 101 Å². The minimum atomic E-state index is -1.07. The highest BCUT2D eigenvalue weighted by Gasteiger charge is 2.17. The summed E-state index contributed by atoms with van der Waals surface area (Å²) < 4.78 is 5.17. The number of nitrogens with zero attached hydrogens (tertiary/aromatic N) is 2. The molecule has 0 aliphatic carbocycles. The molecular formula is C11H15N3O4. The zero-order chi connectivity index (χ0) is 13.5. The lowest BCUT2D eigenvalue weighted by atomic mass is 10.2. The summed E-state index contributed by atoms with van der Waals surface area (Å²) in [4.78, 5) is 29.8. The molecule has 1 rings (SSSR count). The van der Waals surface area contributed by atoms with E-state index in [9.17, 15) is 9.59 Å². The van der Waals surface area contributed by atoms with E-state index >= 15 is 0 Å². The van der Waals surface area contributed by atoms with Crippen molar-refractivity contribution in [2.24, 2.45) is 0 Å². The number of aliphatic carboxylic acids is 1. The molecular weight excluding hydrogens is 238 g/mol. The maximum atomic E-state index is 11.5. The Morgan fingerprint density at radius 1 is 1.56 bits per heavy atom. The predicted octanol–water partition coefficient (Wildman–Crippen LogP) is 0.143. The van der Waals surface area contributed by atoms with Gasteiger partial charge in [-0.15, -0.1) is 0 Å². The van der Waals surface area contributed by atoms with Crippen molar-refractivity contribution in [3.05, 3.63) is 18.1 Å². The van der Waals surface area contributed by atoms with Gasteiger partial charge >= 0.3 is 5.97 Å². The quantitative estimate of drug-likeness (QED) is 0.748. The van der Waals surface area contributed by atoms with Crippen LogP contribution in [0.3, 0.4) is 0 Å². The summed E-state index contributed by atoms with van der Waals surface area (Å²) >= 11 is 0. The van der Waals surface area contributed by atoms with Crippen molar-refractivity contribution in [3.63, 3.8) is 0 Å². The molecule has 0 aliphatic heterocycles. The Morgan fingerprint density at radius 3 is 2.83 bits per heavy atom. The van der Waals surface area contributed by atoms with Crippen LogP contribution in [0, 0.1) is 6.92 Å². The van der Waals surface area contributed by atoms with Gasteiger partial charge in [0.1, 0.15) is 12.4 Å². The summed E-state index contributed by atoms with van der Waals surface area (Å²) in [5.41, 5.74) is 0.704. The third kappa shape index (κ3) is 4.00. The third-order valence-corrected chi connectivity index (χ3v) is 2.23. The van der Waals surface area contributed by atoms with Gasteiger partial charge in [-0.1, -0.05) is 6.92 Å². The highest BCUT2D eigenvalue weighted by Crippen LogP contribution is 2.10. The molecule has 0 aliphatic rings. The first kappa shape index (κ1) is 13.9. The van der Waals surface area contributed by atoms with Crippen molar-refractivity contribution in [1.82, 2.24) is 15.3 Å². The fourth-order valence-corrected chi connectivity index (χ4v) is 1.25. The van der Waals surface area contributed by atoms with Crippen molar-refractivity contribution in [1.29, 1.82) is 0 Å². The molecule has 0 fully saturated rings.